The summed E-state index contributed by atoms with van der Waals surface area (Å²) in [5.41, 5.74) is 0. The van der Waals surface area contributed by atoms with Crippen LogP contribution in [-0.4, -0.2) is 0 Å². The second-order valence-corrected chi connectivity index (χ2v) is 5.13. The van der Waals surface area contributed by atoms with Gasteiger partial charge < -0.3 is 0 Å². The molecule has 0 aromatic rings. The molecule has 0 nitrogen and oxygen atoms in total. The third-order valence-electron chi connectivity index (χ3n) is 3.49. The number of hydrogen-bond donors (Lipinski definition) is 0. The predicted octanol–water partition coefficient (Wildman–Crippen LogP) is 6.29. The summed E-state index contributed by atoms with van der Waals surface area (Å²) in [6, 6.07) is 0. The van der Waals surface area contributed by atoms with Crippen LogP contribution >= 0.6 is 0 Å². The van der Waals surface area contributed by atoms with Crippen LogP contribution in [0.25, 0.3) is 0 Å². The molecule has 0 N–H and O–H groups in total. The van der Waals surface area contributed by atoms with Gasteiger partial charge in [0.05, 0.1) is 0 Å². The zero-order valence-corrected chi connectivity index (χ0v) is 11.9. The van der Waals surface area contributed by atoms with Crippen molar-refractivity contribution in [3.05, 3.63) is 25.3 Å². The number of hydrogen-bond acceptors (Lipinski definition) is 0. The van der Waals surface area contributed by atoms with Gasteiger partial charge in [-0.1, -0.05) is 64.0 Å². The maximum atomic E-state index is 3.97. The molecule has 0 spiro atoms. The van der Waals surface area contributed by atoms with Crippen LogP contribution in [0.5, 0.6) is 0 Å². The molecule has 0 bridgehead atoms. The summed E-state index contributed by atoms with van der Waals surface area (Å²) in [6.45, 7) is 10.0. The molecule has 0 heterocycles. The lowest BCUT2D eigenvalue weighted by Gasteiger charge is -2.11. The monoisotopic (exact) mass is 236 g/mol. The van der Waals surface area contributed by atoms with Gasteiger partial charge in [-0.3, -0.25) is 0 Å². The highest BCUT2D eigenvalue weighted by atomic mass is 14.1. The van der Waals surface area contributed by atoms with Crippen LogP contribution in [0.1, 0.15) is 77.6 Å². The molecule has 100 valence electrons. The lowest BCUT2D eigenvalue weighted by Crippen LogP contribution is -1.96. The van der Waals surface area contributed by atoms with Crippen molar-refractivity contribution < 1.29 is 0 Å². The number of unbranched alkanes of at least 4 members (excludes halogenated alkanes) is 7. The minimum atomic E-state index is 0.764. The lowest BCUT2D eigenvalue weighted by molar-refractivity contribution is 0.473. The standard InChI is InChI=1S/C17H32/c1-4-7-9-11-13-15-17(6-3)16-14-12-10-8-5-2/h4,6,17H,1,3,5,7-16H2,2H3. The second kappa shape index (κ2) is 13.5. The van der Waals surface area contributed by atoms with Gasteiger partial charge in [0.25, 0.3) is 0 Å². The summed E-state index contributed by atoms with van der Waals surface area (Å²) in [4.78, 5) is 0. The van der Waals surface area contributed by atoms with E-state index in [0.717, 1.165) is 5.92 Å². The Labute approximate surface area is 109 Å². The zero-order chi connectivity index (χ0) is 12.8. The summed E-state index contributed by atoms with van der Waals surface area (Å²) in [6.07, 6.45) is 19.1. The molecule has 0 aromatic heterocycles. The maximum absolute atomic E-state index is 3.97. The predicted molar refractivity (Wildman–Crippen MR) is 80.3 cm³/mol. The minimum Gasteiger partial charge on any atom is -0.103 e. The largest absolute Gasteiger partial charge is 0.103 e. The molecular formula is C17H32. The van der Waals surface area contributed by atoms with Crippen LogP contribution in [0.2, 0.25) is 0 Å². The van der Waals surface area contributed by atoms with E-state index in [4.69, 9.17) is 0 Å². The van der Waals surface area contributed by atoms with Crippen molar-refractivity contribution in [1.29, 1.82) is 0 Å². The number of rotatable bonds is 13. The summed E-state index contributed by atoms with van der Waals surface area (Å²) in [5.74, 6) is 0.764. The molecule has 0 radical (unpaired) electrons. The van der Waals surface area contributed by atoms with E-state index in [1.807, 2.05) is 6.08 Å². The molecule has 0 fully saturated rings. The van der Waals surface area contributed by atoms with Crippen LogP contribution < -0.4 is 0 Å². The normalized spacial score (nSPS) is 12.3. The highest BCUT2D eigenvalue weighted by molar-refractivity contribution is 4.78. The second-order valence-electron chi connectivity index (χ2n) is 5.13. The molecule has 1 unspecified atom stereocenters. The van der Waals surface area contributed by atoms with Crippen molar-refractivity contribution >= 4 is 0 Å². The van der Waals surface area contributed by atoms with E-state index in [-0.39, 0.29) is 0 Å². The minimum absolute atomic E-state index is 0.764. The Morgan fingerprint density at radius 1 is 0.824 bits per heavy atom. The smallest absolute Gasteiger partial charge is 0.0236 e. The quantitative estimate of drug-likeness (QED) is 0.260. The molecule has 0 saturated heterocycles. The molecule has 1 atom stereocenters. The van der Waals surface area contributed by atoms with E-state index in [1.165, 1.54) is 70.6 Å². The van der Waals surface area contributed by atoms with Gasteiger partial charge in [-0.05, 0) is 31.6 Å². The van der Waals surface area contributed by atoms with E-state index < -0.39 is 0 Å². The van der Waals surface area contributed by atoms with Crippen molar-refractivity contribution in [3.8, 4) is 0 Å². The third-order valence-corrected chi connectivity index (χ3v) is 3.49. The Kier molecular flexibility index (Phi) is 13.1. The zero-order valence-electron chi connectivity index (χ0n) is 11.9. The van der Waals surface area contributed by atoms with Gasteiger partial charge >= 0.3 is 0 Å². The molecule has 0 amide bonds. The Hall–Kier alpha value is -0.520. The summed E-state index contributed by atoms with van der Waals surface area (Å²) >= 11 is 0. The Bertz CT molecular complexity index is 169. The van der Waals surface area contributed by atoms with E-state index in [1.54, 1.807) is 0 Å². The molecule has 0 aliphatic rings. The van der Waals surface area contributed by atoms with Gasteiger partial charge in [0.1, 0.15) is 0 Å². The summed E-state index contributed by atoms with van der Waals surface area (Å²) in [7, 11) is 0. The van der Waals surface area contributed by atoms with Gasteiger partial charge in [-0.15, -0.1) is 13.2 Å². The molecule has 0 saturated carbocycles. The van der Waals surface area contributed by atoms with Crippen molar-refractivity contribution in [2.24, 2.45) is 5.92 Å². The van der Waals surface area contributed by atoms with E-state index in [2.05, 4.69) is 26.2 Å². The van der Waals surface area contributed by atoms with Crippen molar-refractivity contribution in [2.75, 3.05) is 0 Å². The molecular weight excluding hydrogens is 204 g/mol. The van der Waals surface area contributed by atoms with Gasteiger partial charge in [0.2, 0.25) is 0 Å². The molecule has 17 heavy (non-hydrogen) atoms. The van der Waals surface area contributed by atoms with Crippen molar-refractivity contribution in [2.45, 2.75) is 77.6 Å². The van der Waals surface area contributed by atoms with Gasteiger partial charge in [0, 0.05) is 0 Å². The summed E-state index contributed by atoms with van der Waals surface area (Å²) < 4.78 is 0. The van der Waals surface area contributed by atoms with Crippen molar-refractivity contribution in [3.63, 3.8) is 0 Å². The first-order valence-electron chi connectivity index (χ1n) is 7.58. The van der Waals surface area contributed by atoms with Gasteiger partial charge in [-0.2, -0.15) is 0 Å². The fourth-order valence-electron chi connectivity index (χ4n) is 2.26. The van der Waals surface area contributed by atoms with Gasteiger partial charge in [-0.25, -0.2) is 0 Å². The first-order valence-corrected chi connectivity index (χ1v) is 7.58. The topological polar surface area (TPSA) is 0 Å². The van der Waals surface area contributed by atoms with Crippen LogP contribution in [0.4, 0.5) is 0 Å². The van der Waals surface area contributed by atoms with Crippen LogP contribution in [0, 0.1) is 5.92 Å². The van der Waals surface area contributed by atoms with Crippen LogP contribution in [0.15, 0.2) is 25.3 Å². The first-order chi connectivity index (χ1) is 8.35. The highest BCUT2D eigenvalue weighted by Crippen LogP contribution is 2.19. The Morgan fingerprint density at radius 2 is 1.41 bits per heavy atom. The third kappa shape index (κ3) is 11.7. The molecule has 0 aliphatic heterocycles. The molecule has 0 rings (SSSR count). The van der Waals surface area contributed by atoms with Gasteiger partial charge in [0.15, 0.2) is 0 Å². The fourth-order valence-corrected chi connectivity index (χ4v) is 2.26. The van der Waals surface area contributed by atoms with Crippen molar-refractivity contribution in [1.82, 2.24) is 0 Å². The SMILES string of the molecule is C=CCCCCCC(C=C)CCCCCCC. The molecule has 0 aliphatic carbocycles. The molecule has 0 heteroatoms. The highest BCUT2D eigenvalue weighted by Gasteiger charge is 2.03. The van der Waals surface area contributed by atoms with E-state index in [9.17, 15) is 0 Å². The maximum Gasteiger partial charge on any atom is -0.0236 e. The van der Waals surface area contributed by atoms with Crippen LogP contribution in [-0.2, 0) is 0 Å². The van der Waals surface area contributed by atoms with E-state index in [0.29, 0.717) is 0 Å². The Balaban J connectivity index is 3.36. The molecule has 0 aromatic carbocycles. The average molecular weight is 236 g/mol. The van der Waals surface area contributed by atoms with E-state index >= 15 is 0 Å². The Morgan fingerprint density at radius 3 is 1.94 bits per heavy atom. The van der Waals surface area contributed by atoms with Crippen LogP contribution in [0.3, 0.4) is 0 Å². The fraction of sp³-hybridized carbons (Fsp3) is 0.765. The number of allylic oxidation sites excluding steroid dienone is 2. The first kappa shape index (κ1) is 16.5. The summed E-state index contributed by atoms with van der Waals surface area (Å²) in [5, 5.41) is 0. The lowest BCUT2D eigenvalue weighted by atomic mass is 9.94. The average Bonchev–Trinajstić information content (AvgIpc) is 2.36.